The quantitative estimate of drug-likeness (QED) is 0.534. The van der Waals surface area contributed by atoms with Crippen LogP contribution in [0.3, 0.4) is 0 Å². The molecule has 5 nitrogen and oxygen atoms in total. The van der Waals surface area contributed by atoms with Gasteiger partial charge in [0.25, 0.3) is 5.69 Å². The summed E-state index contributed by atoms with van der Waals surface area (Å²) < 4.78 is 1.47. The molecule has 0 N–H and O–H groups in total. The molecule has 0 saturated heterocycles. The number of benzene rings is 1. The van der Waals surface area contributed by atoms with Crippen molar-refractivity contribution < 1.29 is 4.92 Å². The van der Waals surface area contributed by atoms with Gasteiger partial charge in [-0.15, -0.1) is 0 Å². The Morgan fingerprint density at radius 3 is 2.71 bits per heavy atom. The molecule has 0 fully saturated rings. The van der Waals surface area contributed by atoms with Gasteiger partial charge in [0.1, 0.15) is 5.69 Å². The predicted molar refractivity (Wildman–Crippen MR) is 50.2 cm³/mol. The first-order valence-electron chi connectivity index (χ1n) is 4.02. The SMILES string of the molecule is O=[N+]([O-])c1ccccc1-n1cccn1. The Kier molecular flexibility index (Phi) is 1.98. The molecule has 0 atom stereocenters. The molecular weight excluding hydrogens is 182 g/mol. The van der Waals surface area contributed by atoms with E-state index in [-0.39, 0.29) is 5.69 Å². The number of hydrogen-bond acceptors (Lipinski definition) is 3. The lowest BCUT2D eigenvalue weighted by Gasteiger charge is -2.01. The molecule has 0 amide bonds. The molecule has 0 aliphatic heterocycles. The van der Waals surface area contributed by atoms with E-state index < -0.39 is 4.92 Å². The molecule has 1 aromatic carbocycles. The van der Waals surface area contributed by atoms with E-state index in [1.165, 1.54) is 10.7 Å². The number of rotatable bonds is 2. The maximum Gasteiger partial charge on any atom is 0.294 e. The molecule has 0 radical (unpaired) electrons. The molecule has 1 heterocycles. The smallest absolute Gasteiger partial charge is 0.258 e. The fraction of sp³-hybridized carbons (Fsp3) is 0. The molecular formula is C9H7N3O2. The monoisotopic (exact) mass is 189 g/mol. The Hall–Kier alpha value is -2.17. The van der Waals surface area contributed by atoms with Crippen LogP contribution in [-0.2, 0) is 0 Å². The summed E-state index contributed by atoms with van der Waals surface area (Å²) in [5.41, 5.74) is 0.527. The highest BCUT2D eigenvalue weighted by Crippen LogP contribution is 2.20. The van der Waals surface area contributed by atoms with Crippen LogP contribution in [0.5, 0.6) is 0 Å². The second-order valence-corrected chi connectivity index (χ2v) is 2.70. The van der Waals surface area contributed by atoms with Gasteiger partial charge < -0.3 is 0 Å². The molecule has 1 aromatic heterocycles. The van der Waals surface area contributed by atoms with Crippen LogP contribution in [0.15, 0.2) is 42.7 Å². The molecule has 0 aliphatic rings. The fourth-order valence-corrected chi connectivity index (χ4v) is 1.22. The first-order chi connectivity index (χ1) is 6.79. The van der Waals surface area contributed by atoms with Crippen LogP contribution >= 0.6 is 0 Å². The van der Waals surface area contributed by atoms with E-state index in [0.29, 0.717) is 5.69 Å². The van der Waals surface area contributed by atoms with Gasteiger partial charge in [-0.1, -0.05) is 12.1 Å². The Balaban J connectivity index is 2.58. The molecule has 0 bridgehead atoms. The van der Waals surface area contributed by atoms with Gasteiger partial charge in [0.15, 0.2) is 0 Å². The van der Waals surface area contributed by atoms with Crippen LogP contribution in [0.1, 0.15) is 0 Å². The van der Waals surface area contributed by atoms with Crippen molar-refractivity contribution in [3.05, 3.63) is 52.8 Å². The predicted octanol–water partition coefficient (Wildman–Crippen LogP) is 1.78. The van der Waals surface area contributed by atoms with Gasteiger partial charge in [-0.05, 0) is 12.1 Å². The summed E-state index contributed by atoms with van der Waals surface area (Å²) in [5, 5.41) is 14.6. The number of aromatic nitrogens is 2. The molecule has 0 aliphatic carbocycles. The van der Waals surface area contributed by atoms with E-state index in [1.807, 2.05) is 0 Å². The zero-order valence-corrected chi connectivity index (χ0v) is 7.20. The normalized spacial score (nSPS) is 10.0. The highest BCUT2D eigenvalue weighted by Gasteiger charge is 2.13. The van der Waals surface area contributed by atoms with Crippen molar-refractivity contribution in [1.29, 1.82) is 0 Å². The molecule has 14 heavy (non-hydrogen) atoms. The van der Waals surface area contributed by atoms with E-state index in [9.17, 15) is 10.1 Å². The van der Waals surface area contributed by atoms with Gasteiger partial charge in [-0.25, -0.2) is 4.68 Å². The summed E-state index contributed by atoms with van der Waals surface area (Å²) in [5.74, 6) is 0. The highest BCUT2D eigenvalue weighted by molar-refractivity contribution is 5.51. The van der Waals surface area contributed by atoms with Crippen molar-refractivity contribution in [1.82, 2.24) is 9.78 Å². The van der Waals surface area contributed by atoms with Crippen LogP contribution in [0.25, 0.3) is 5.69 Å². The molecule has 70 valence electrons. The van der Waals surface area contributed by atoms with Crippen molar-refractivity contribution in [2.45, 2.75) is 0 Å². The van der Waals surface area contributed by atoms with Gasteiger partial charge >= 0.3 is 0 Å². The molecule has 5 heteroatoms. The van der Waals surface area contributed by atoms with E-state index in [4.69, 9.17) is 0 Å². The number of nitrogens with zero attached hydrogens (tertiary/aromatic N) is 3. The fourth-order valence-electron chi connectivity index (χ4n) is 1.22. The Labute approximate surface area is 79.7 Å². The summed E-state index contributed by atoms with van der Waals surface area (Å²) in [6.45, 7) is 0. The minimum absolute atomic E-state index is 0.0520. The second-order valence-electron chi connectivity index (χ2n) is 2.70. The summed E-state index contributed by atoms with van der Waals surface area (Å²) >= 11 is 0. The minimum atomic E-state index is -0.420. The van der Waals surface area contributed by atoms with Crippen molar-refractivity contribution in [3.63, 3.8) is 0 Å². The lowest BCUT2D eigenvalue weighted by molar-refractivity contribution is -0.384. The number of hydrogen-bond donors (Lipinski definition) is 0. The Morgan fingerprint density at radius 2 is 2.07 bits per heavy atom. The Morgan fingerprint density at radius 1 is 1.29 bits per heavy atom. The van der Waals surface area contributed by atoms with Gasteiger partial charge in [-0.3, -0.25) is 10.1 Å². The van der Waals surface area contributed by atoms with Crippen LogP contribution in [0.2, 0.25) is 0 Å². The minimum Gasteiger partial charge on any atom is -0.258 e. The Bertz CT molecular complexity index is 451. The molecule has 2 aromatic rings. The topological polar surface area (TPSA) is 61.0 Å². The number of para-hydroxylation sites is 2. The van der Waals surface area contributed by atoms with Crippen LogP contribution in [0, 0.1) is 10.1 Å². The summed E-state index contributed by atoms with van der Waals surface area (Å²) in [6, 6.07) is 8.20. The third kappa shape index (κ3) is 1.35. The summed E-state index contributed by atoms with van der Waals surface area (Å²) in [7, 11) is 0. The summed E-state index contributed by atoms with van der Waals surface area (Å²) in [6.07, 6.45) is 3.25. The van der Waals surface area contributed by atoms with E-state index in [2.05, 4.69) is 5.10 Å². The third-order valence-corrected chi connectivity index (χ3v) is 1.83. The zero-order chi connectivity index (χ0) is 9.97. The third-order valence-electron chi connectivity index (χ3n) is 1.83. The zero-order valence-electron chi connectivity index (χ0n) is 7.20. The molecule has 0 unspecified atom stereocenters. The van der Waals surface area contributed by atoms with E-state index in [1.54, 1.807) is 36.7 Å². The van der Waals surface area contributed by atoms with Crippen molar-refractivity contribution >= 4 is 5.69 Å². The number of nitro benzene ring substituents is 1. The second kappa shape index (κ2) is 3.29. The van der Waals surface area contributed by atoms with Gasteiger partial charge in [0.2, 0.25) is 0 Å². The lowest BCUT2D eigenvalue weighted by Crippen LogP contribution is -1.99. The first kappa shape index (κ1) is 8.43. The van der Waals surface area contributed by atoms with Crippen LogP contribution in [0.4, 0.5) is 5.69 Å². The average molecular weight is 189 g/mol. The first-order valence-corrected chi connectivity index (χ1v) is 4.02. The highest BCUT2D eigenvalue weighted by atomic mass is 16.6. The molecule has 2 rings (SSSR count). The molecule has 0 spiro atoms. The van der Waals surface area contributed by atoms with Crippen molar-refractivity contribution in [2.75, 3.05) is 0 Å². The van der Waals surface area contributed by atoms with Crippen LogP contribution in [-0.4, -0.2) is 14.7 Å². The van der Waals surface area contributed by atoms with Gasteiger partial charge in [-0.2, -0.15) is 5.10 Å². The standard InChI is InChI=1S/C9H7N3O2/c13-12(14)9-5-2-1-4-8(9)11-7-3-6-10-11/h1-7H. The van der Waals surface area contributed by atoms with Gasteiger partial charge in [0, 0.05) is 18.5 Å². The van der Waals surface area contributed by atoms with Crippen molar-refractivity contribution in [2.24, 2.45) is 0 Å². The molecule has 0 saturated carbocycles. The van der Waals surface area contributed by atoms with Crippen molar-refractivity contribution in [3.8, 4) is 5.69 Å². The average Bonchev–Trinajstić information content (AvgIpc) is 2.70. The lowest BCUT2D eigenvalue weighted by atomic mass is 10.3. The largest absolute Gasteiger partial charge is 0.294 e. The van der Waals surface area contributed by atoms with Crippen LogP contribution < -0.4 is 0 Å². The van der Waals surface area contributed by atoms with E-state index in [0.717, 1.165) is 0 Å². The maximum absolute atomic E-state index is 10.7. The number of nitro groups is 1. The summed E-state index contributed by atoms with van der Waals surface area (Å²) in [4.78, 5) is 10.3. The maximum atomic E-state index is 10.7. The van der Waals surface area contributed by atoms with E-state index >= 15 is 0 Å². The van der Waals surface area contributed by atoms with Gasteiger partial charge in [0.05, 0.1) is 4.92 Å².